The van der Waals surface area contributed by atoms with Gasteiger partial charge in [0.15, 0.2) is 5.78 Å². The number of hydrogen-bond donors (Lipinski definition) is 0. The maximum absolute atomic E-state index is 13.3. The summed E-state index contributed by atoms with van der Waals surface area (Å²) in [6, 6.07) is 9.93. The van der Waals surface area contributed by atoms with Gasteiger partial charge < -0.3 is 9.64 Å². The van der Waals surface area contributed by atoms with Crippen molar-refractivity contribution in [2.45, 2.75) is 31.7 Å². The van der Waals surface area contributed by atoms with Gasteiger partial charge in [-0.15, -0.1) is 5.10 Å². The lowest BCUT2D eigenvalue weighted by atomic mass is 10.1. The van der Waals surface area contributed by atoms with E-state index in [0.29, 0.717) is 0 Å². The maximum Gasteiger partial charge on any atom is 0.419 e. The molecule has 14 heteroatoms. The smallest absolute Gasteiger partial charge is 0.419 e. The molecule has 0 atom stereocenters. The number of rotatable bonds is 7. The van der Waals surface area contributed by atoms with Crippen LogP contribution in [0.1, 0.15) is 28.8 Å². The second-order valence-corrected chi connectivity index (χ2v) is 8.66. The molecular formula is C24H22F3N5O6. The van der Waals surface area contributed by atoms with Crippen molar-refractivity contribution in [2.24, 2.45) is 7.05 Å². The molecular weight excluding hydrogens is 511 g/mol. The minimum Gasteiger partial charge on any atom is -0.490 e. The first-order valence-electron chi connectivity index (χ1n) is 11.5. The molecule has 38 heavy (non-hydrogen) atoms. The number of nitro benzene ring substituents is 1. The third-order valence-electron chi connectivity index (χ3n) is 6.12. The number of aromatic nitrogens is 3. The third kappa shape index (κ3) is 5.58. The van der Waals surface area contributed by atoms with Gasteiger partial charge in [0.2, 0.25) is 5.82 Å². The summed E-state index contributed by atoms with van der Waals surface area (Å²) in [4.78, 5) is 50.0. The molecule has 0 amide bonds. The zero-order chi connectivity index (χ0) is 27.6. The van der Waals surface area contributed by atoms with Crippen molar-refractivity contribution in [3.05, 3.63) is 90.6 Å². The molecule has 0 spiro atoms. The van der Waals surface area contributed by atoms with Crippen molar-refractivity contribution in [3.63, 3.8) is 0 Å². The van der Waals surface area contributed by atoms with E-state index in [-0.39, 0.29) is 48.7 Å². The highest BCUT2D eigenvalue weighted by Gasteiger charge is 2.35. The molecule has 1 aliphatic rings. The molecule has 4 rings (SSSR count). The van der Waals surface area contributed by atoms with Gasteiger partial charge in [0, 0.05) is 50.7 Å². The molecule has 2 aromatic carbocycles. The molecule has 0 N–H and O–H groups in total. The van der Waals surface area contributed by atoms with Crippen molar-refractivity contribution < 1.29 is 27.6 Å². The number of piperidine rings is 1. The summed E-state index contributed by atoms with van der Waals surface area (Å²) in [6.45, 7) is -0.148. The normalized spacial score (nSPS) is 14.4. The monoisotopic (exact) mass is 533 g/mol. The van der Waals surface area contributed by atoms with E-state index >= 15 is 0 Å². The minimum absolute atomic E-state index is 0.000374. The summed E-state index contributed by atoms with van der Waals surface area (Å²) >= 11 is 0. The number of nitrogens with zero attached hydrogens (tertiary/aromatic N) is 5. The maximum atomic E-state index is 13.3. The lowest BCUT2D eigenvalue weighted by Crippen LogP contribution is -2.47. The Morgan fingerprint density at radius 2 is 1.82 bits per heavy atom. The van der Waals surface area contributed by atoms with Crippen LogP contribution < -0.4 is 20.9 Å². The topological polar surface area (TPSA) is 130 Å². The first-order chi connectivity index (χ1) is 18.0. The lowest BCUT2D eigenvalue weighted by molar-refractivity contribution is -0.384. The summed E-state index contributed by atoms with van der Waals surface area (Å²) in [5.74, 6) is -1.00. The SMILES string of the molecule is Cn1c(=O)c(N2CCC(Oc3ccccc3C(F)(F)F)CC2)nn(CC(=O)c2cccc([N+](=O)[O-])c2)c1=O. The zero-order valence-electron chi connectivity index (χ0n) is 20.1. The highest BCUT2D eigenvalue weighted by Crippen LogP contribution is 2.37. The van der Waals surface area contributed by atoms with Gasteiger partial charge in [-0.05, 0) is 12.1 Å². The summed E-state index contributed by atoms with van der Waals surface area (Å²) < 4.78 is 47.1. The van der Waals surface area contributed by atoms with Crippen LogP contribution in [0.25, 0.3) is 0 Å². The van der Waals surface area contributed by atoms with Gasteiger partial charge in [-0.1, -0.05) is 24.3 Å². The van der Waals surface area contributed by atoms with Crippen LogP contribution in [0.15, 0.2) is 58.1 Å². The van der Waals surface area contributed by atoms with Crippen LogP contribution >= 0.6 is 0 Å². The average molecular weight is 533 g/mol. The van der Waals surface area contributed by atoms with Crippen molar-refractivity contribution >= 4 is 17.3 Å². The summed E-state index contributed by atoms with van der Waals surface area (Å²) in [5.41, 5.74) is -2.71. The van der Waals surface area contributed by atoms with E-state index in [0.717, 1.165) is 21.4 Å². The molecule has 2 heterocycles. The van der Waals surface area contributed by atoms with Crippen molar-refractivity contribution in [2.75, 3.05) is 18.0 Å². The first kappa shape index (κ1) is 26.6. The number of alkyl halides is 3. The predicted molar refractivity (Wildman–Crippen MR) is 128 cm³/mol. The van der Waals surface area contributed by atoms with E-state index < -0.39 is 46.3 Å². The summed E-state index contributed by atoms with van der Waals surface area (Å²) in [6.07, 6.45) is -4.55. The molecule has 200 valence electrons. The van der Waals surface area contributed by atoms with Gasteiger partial charge in [0.25, 0.3) is 11.2 Å². The number of Topliss-reactive ketones (excluding diaryl/α,β-unsaturated/α-hetero) is 1. The molecule has 11 nitrogen and oxygen atoms in total. The minimum atomic E-state index is -4.57. The van der Waals surface area contributed by atoms with Crippen molar-refractivity contribution in [1.82, 2.24) is 14.3 Å². The Bertz CT molecular complexity index is 1490. The van der Waals surface area contributed by atoms with Gasteiger partial charge >= 0.3 is 11.9 Å². The van der Waals surface area contributed by atoms with Crippen molar-refractivity contribution in [3.8, 4) is 5.75 Å². The van der Waals surface area contributed by atoms with Crippen LogP contribution in [0.5, 0.6) is 5.75 Å². The average Bonchev–Trinajstić information content (AvgIpc) is 2.89. The highest BCUT2D eigenvalue weighted by atomic mass is 19.4. The molecule has 0 bridgehead atoms. The fourth-order valence-corrected chi connectivity index (χ4v) is 4.10. The van der Waals surface area contributed by atoms with E-state index in [1.165, 1.54) is 43.4 Å². The largest absolute Gasteiger partial charge is 0.490 e. The van der Waals surface area contributed by atoms with Crippen LogP contribution in [0.3, 0.4) is 0 Å². The number of halogens is 3. The number of carbonyl (C=O) groups excluding carboxylic acids is 1. The quantitative estimate of drug-likeness (QED) is 0.258. The molecule has 0 radical (unpaired) electrons. The van der Waals surface area contributed by atoms with Crippen molar-refractivity contribution in [1.29, 1.82) is 0 Å². The Balaban J connectivity index is 1.51. The number of ether oxygens (including phenoxy) is 1. The van der Waals surface area contributed by atoms with Gasteiger partial charge in [-0.2, -0.15) is 13.2 Å². The number of hydrogen-bond acceptors (Lipinski definition) is 8. The second-order valence-electron chi connectivity index (χ2n) is 8.66. The fraction of sp³-hybridized carbons (Fsp3) is 0.333. The molecule has 1 aromatic heterocycles. The molecule has 0 aliphatic carbocycles. The molecule has 1 saturated heterocycles. The highest BCUT2D eigenvalue weighted by molar-refractivity contribution is 5.96. The summed E-state index contributed by atoms with van der Waals surface area (Å²) in [5, 5.41) is 15.1. The van der Waals surface area contributed by atoms with Crippen LogP contribution in [-0.4, -0.2) is 44.2 Å². The Kier molecular flexibility index (Phi) is 7.32. The molecule has 1 aliphatic heterocycles. The van der Waals surface area contributed by atoms with E-state index in [4.69, 9.17) is 4.74 Å². The van der Waals surface area contributed by atoms with Gasteiger partial charge in [-0.3, -0.25) is 24.3 Å². The predicted octanol–water partition coefficient (Wildman–Crippen LogP) is 2.80. The van der Waals surface area contributed by atoms with Gasteiger partial charge in [-0.25, -0.2) is 9.48 Å². The van der Waals surface area contributed by atoms with E-state index in [1.807, 2.05) is 0 Å². The number of non-ortho nitro benzene ring substituents is 1. The van der Waals surface area contributed by atoms with E-state index in [1.54, 1.807) is 4.90 Å². The number of anilines is 1. The summed E-state index contributed by atoms with van der Waals surface area (Å²) in [7, 11) is 1.23. The lowest BCUT2D eigenvalue weighted by Gasteiger charge is -2.33. The van der Waals surface area contributed by atoms with Crippen LogP contribution in [-0.2, 0) is 19.8 Å². The van der Waals surface area contributed by atoms with Crippen LogP contribution in [0.2, 0.25) is 0 Å². The third-order valence-corrected chi connectivity index (χ3v) is 6.12. The van der Waals surface area contributed by atoms with Crippen LogP contribution in [0.4, 0.5) is 24.7 Å². The Labute approximate surface area is 212 Å². The standard InChI is InChI=1S/C24H22F3N5O6/c1-29-22(34)21(28-31(23(29)35)14-19(33)15-5-4-6-16(13-15)32(36)37)30-11-9-17(10-12-30)38-20-8-3-2-7-18(20)24(25,26)27/h2-8,13,17H,9-12,14H2,1H3. The number of ketones is 1. The molecule has 0 saturated carbocycles. The Morgan fingerprint density at radius 1 is 1.13 bits per heavy atom. The Hall–Kier alpha value is -4.49. The second kappa shape index (κ2) is 10.5. The van der Waals surface area contributed by atoms with Gasteiger partial charge in [0.05, 0.1) is 10.5 Å². The number of para-hydroxylation sites is 1. The number of nitro groups is 1. The number of benzene rings is 2. The zero-order valence-corrected chi connectivity index (χ0v) is 20.1. The fourth-order valence-electron chi connectivity index (χ4n) is 4.10. The van der Waals surface area contributed by atoms with E-state index in [2.05, 4.69) is 5.10 Å². The van der Waals surface area contributed by atoms with Gasteiger partial charge in [0.1, 0.15) is 18.4 Å². The number of carbonyl (C=O) groups is 1. The molecule has 1 fully saturated rings. The van der Waals surface area contributed by atoms with E-state index in [9.17, 15) is 37.7 Å². The Morgan fingerprint density at radius 3 is 2.47 bits per heavy atom. The molecule has 3 aromatic rings. The molecule has 0 unspecified atom stereocenters. The van der Waals surface area contributed by atoms with Crippen LogP contribution in [0, 0.1) is 10.1 Å². The first-order valence-corrected chi connectivity index (χ1v) is 11.5.